The van der Waals surface area contributed by atoms with Gasteiger partial charge in [0.2, 0.25) is 0 Å². The van der Waals surface area contributed by atoms with Crippen LogP contribution >= 0.6 is 0 Å². The third-order valence-electron chi connectivity index (χ3n) is 4.83. The van der Waals surface area contributed by atoms with Gasteiger partial charge in [-0.3, -0.25) is 4.98 Å². The van der Waals surface area contributed by atoms with E-state index in [1.165, 1.54) is 31.2 Å². The minimum atomic E-state index is 0.593. The van der Waals surface area contributed by atoms with Gasteiger partial charge in [-0.2, -0.15) is 0 Å². The maximum Gasteiger partial charge on any atom is 0.180 e. The Balaban J connectivity index is 1.43. The first-order valence-corrected chi connectivity index (χ1v) is 8.78. The number of rotatable bonds is 5. The van der Waals surface area contributed by atoms with Crippen LogP contribution in [0.25, 0.3) is 11.2 Å². The van der Waals surface area contributed by atoms with Crippen molar-refractivity contribution in [3.63, 3.8) is 0 Å². The molecule has 0 N–H and O–H groups in total. The van der Waals surface area contributed by atoms with E-state index in [1.807, 2.05) is 6.07 Å². The molecule has 4 rings (SSSR count). The molecule has 0 bridgehead atoms. The van der Waals surface area contributed by atoms with Gasteiger partial charge < -0.3 is 4.90 Å². The van der Waals surface area contributed by atoms with E-state index in [2.05, 4.69) is 51.3 Å². The molecule has 4 nitrogen and oxygen atoms in total. The smallest absolute Gasteiger partial charge is 0.180 e. The van der Waals surface area contributed by atoms with Gasteiger partial charge in [0.1, 0.15) is 11.3 Å². The van der Waals surface area contributed by atoms with E-state index in [4.69, 9.17) is 4.98 Å². The highest BCUT2D eigenvalue weighted by atomic mass is 15.2. The number of hydrogen-bond donors (Lipinski definition) is 0. The van der Waals surface area contributed by atoms with Gasteiger partial charge in [-0.25, -0.2) is 9.97 Å². The SMILES string of the molecule is c1ccc(CCCC2CCCN2c2ccc3nccnc3n2)cc1. The van der Waals surface area contributed by atoms with Gasteiger partial charge in [0.15, 0.2) is 5.65 Å². The predicted octanol–water partition coefficient (Wildman–Crippen LogP) is 4.02. The summed E-state index contributed by atoms with van der Waals surface area (Å²) in [7, 11) is 0. The summed E-state index contributed by atoms with van der Waals surface area (Å²) in [5, 5.41) is 0. The minimum Gasteiger partial charge on any atom is -0.354 e. The first kappa shape index (κ1) is 15.1. The lowest BCUT2D eigenvalue weighted by molar-refractivity contribution is 0.577. The van der Waals surface area contributed by atoms with Crippen LogP contribution in [0.1, 0.15) is 31.2 Å². The first-order valence-electron chi connectivity index (χ1n) is 8.78. The molecule has 3 heterocycles. The van der Waals surface area contributed by atoms with Crippen molar-refractivity contribution < 1.29 is 0 Å². The van der Waals surface area contributed by atoms with Crippen LogP contribution in [0.5, 0.6) is 0 Å². The zero-order valence-corrected chi connectivity index (χ0v) is 13.8. The summed E-state index contributed by atoms with van der Waals surface area (Å²) in [6.45, 7) is 1.09. The van der Waals surface area contributed by atoms with Crippen LogP contribution in [0.3, 0.4) is 0 Å². The first-order chi connectivity index (χ1) is 11.9. The summed E-state index contributed by atoms with van der Waals surface area (Å²) in [6, 6.07) is 15.5. The lowest BCUT2D eigenvalue weighted by atomic mass is 10.0. The Bertz CT molecular complexity index is 803. The standard InChI is InChI=1S/C20H22N4/c1-2-6-16(7-3-1)8-4-9-17-10-5-15-24(17)19-12-11-18-20(23-19)22-14-13-21-18/h1-3,6-7,11-14,17H,4-5,8-10,15H2. The van der Waals surface area contributed by atoms with E-state index in [-0.39, 0.29) is 0 Å². The lowest BCUT2D eigenvalue weighted by Gasteiger charge is -2.25. The summed E-state index contributed by atoms with van der Waals surface area (Å²) in [6.07, 6.45) is 9.52. The summed E-state index contributed by atoms with van der Waals surface area (Å²) in [5.74, 6) is 1.05. The second-order valence-corrected chi connectivity index (χ2v) is 6.44. The van der Waals surface area contributed by atoms with Gasteiger partial charge in [-0.15, -0.1) is 0 Å². The van der Waals surface area contributed by atoms with Crippen LogP contribution in [-0.4, -0.2) is 27.5 Å². The molecule has 1 saturated heterocycles. The van der Waals surface area contributed by atoms with Crippen molar-refractivity contribution in [1.29, 1.82) is 0 Å². The minimum absolute atomic E-state index is 0.593. The second kappa shape index (κ2) is 6.95. The van der Waals surface area contributed by atoms with Crippen molar-refractivity contribution in [1.82, 2.24) is 15.0 Å². The number of pyridine rings is 1. The average molecular weight is 318 g/mol. The second-order valence-electron chi connectivity index (χ2n) is 6.44. The average Bonchev–Trinajstić information content (AvgIpc) is 3.11. The third kappa shape index (κ3) is 3.23. The van der Waals surface area contributed by atoms with E-state index in [1.54, 1.807) is 12.4 Å². The largest absolute Gasteiger partial charge is 0.354 e. The molecule has 1 aliphatic heterocycles. The highest BCUT2D eigenvalue weighted by molar-refractivity contribution is 5.71. The van der Waals surface area contributed by atoms with Crippen LogP contribution in [0.2, 0.25) is 0 Å². The van der Waals surface area contributed by atoms with E-state index >= 15 is 0 Å². The fraction of sp³-hybridized carbons (Fsp3) is 0.350. The number of hydrogen-bond acceptors (Lipinski definition) is 4. The highest BCUT2D eigenvalue weighted by Gasteiger charge is 2.25. The predicted molar refractivity (Wildman–Crippen MR) is 97.1 cm³/mol. The molecular weight excluding hydrogens is 296 g/mol. The molecular formula is C20H22N4. The Hall–Kier alpha value is -2.49. The lowest BCUT2D eigenvalue weighted by Crippen LogP contribution is -2.30. The van der Waals surface area contributed by atoms with Crippen molar-refractivity contribution in [3.8, 4) is 0 Å². The van der Waals surface area contributed by atoms with Crippen molar-refractivity contribution in [2.24, 2.45) is 0 Å². The van der Waals surface area contributed by atoms with Crippen LogP contribution < -0.4 is 4.90 Å². The summed E-state index contributed by atoms with van der Waals surface area (Å²) in [5.41, 5.74) is 3.03. The topological polar surface area (TPSA) is 41.9 Å². The molecule has 122 valence electrons. The molecule has 1 aromatic carbocycles. The number of benzene rings is 1. The molecule has 0 aliphatic carbocycles. The Kier molecular flexibility index (Phi) is 4.36. The Morgan fingerprint density at radius 3 is 2.79 bits per heavy atom. The highest BCUT2D eigenvalue weighted by Crippen LogP contribution is 2.28. The number of fused-ring (bicyclic) bond motifs is 1. The van der Waals surface area contributed by atoms with Crippen LogP contribution in [-0.2, 0) is 6.42 Å². The zero-order valence-electron chi connectivity index (χ0n) is 13.8. The Morgan fingerprint density at radius 1 is 1.00 bits per heavy atom. The number of aromatic nitrogens is 3. The van der Waals surface area contributed by atoms with E-state index in [9.17, 15) is 0 Å². The molecule has 0 radical (unpaired) electrons. The van der Waals surface area contributed by atoms with Gasteiger partial charge in [0.05, 0.1) is 0 Å². The van der Waals surface area contributed by atoms with E-state index in [0.717, 1.165) is 29.9 Å². The number of aryl methyl sites for hydroxylation is 1. The number of nitrogens with zero attached hydrogens (tertiary/aromatic N) is 4. The summed E-state index contributed by atoms with van der Waals surface area (Å²) in [4.78, 5) is 15.8. The van der Waals surface area contributed by atoms with Gasteiger partial charge in [0, 0.05) is 25.0 Å². The normalized spacial score (nSPS) is 17.5. The number of anilines is 1. The molecule has 24 heavy (non-hydrogen) atoms. The maximum absolute atomic E-state index is 4.73. The molecule has 2 aromatic heterocycles. The molecule has 3 aromatic rings. The van der Waals surface area contributed by atoms with E-state index < -0.39 is 0 Å². The Labute approximate surface area is 142 Å². The molecule has 4 heteroatoms. The van der Waals surface area contributed by atoms with Gasteiger partial charge >= 0.3 is 0 Å². The monoisotopic (exact) mass is 318 g/mol. The third-order valence-corrected chi connectivity index (χ3v) is 4.83. The molecule has 0 amide bonds. The van der Waals surface area contributed by atoms with Crippen molar-refractivity contribution in [2.45, 2.75) is 38.1 Å². The molecule has 1 fully saturated rings. The molecule has 1 atom stereocenters. The quantitative estimate of drug-likeness (QED) is 0.712. The van der Waals surface area contributed by atoms with E-state index in [0.29, 0.717) is 6.04 Å². The summed E-state index contributed by atoms with van der Waals surface area (Å²) < 4.78 is 0. The Morgan fingerprint density at radius 2 is 1.88 bits per heavy atom. The van der Waals surface area contributed by atoms with Crippen LogP contribution in [0, 0.1) is 0 Å². The summed E-state index contributed by atoms with van der Waals surface area (Å²) >= 11 is 0. The molecule has 0 spiro atoms. The molecule has 1 unspecified atom stereocenters. The molecule has 1 aliphatic rings. The fourth-order valence-corrected chi connectivity index (χ4v) is 3.63. The van der Waals surface area contributed by atoms with Gasteiger partial charge in [-0.05, 0) is 49.8 Å². The van der Waals surface area contributed by atoms with Crippen molar-refractivity contribution in [2.75, 3.05) is 11.4 Å². The van der Waals surface area contributed by atoms with Gasteiger partial charge in [-0.1, -0.05) is 30.3 Å². The van der Waals surface area contributed by atoms with Crippen molar-refractivity contribution >= 4 is 17.0 Å². The van der Waals surface area contributed by atoms with Crippen LogP contribution in [0.4, 0.5) is 5.82 Å². The zero-order chi connectivity index (χ0) is 16.2. The maximum atomic E-state index is 4.73. The van der Waals surface area contributed by atoms with Crippen molar-refractivity contribution in [3.05, 3.63) is 60.4 Å². The fourth-order valence-electron chi connectivity index (χ4n) is 3.63. The molecule has 0 saturated carbocycles. The van der Waals surface area contributed by atoms with Crippen LogP contribution in [0.15, 0.2) is 54.9 Å². The van der Waals surface area contributed by atoms with Gasteiger partial charge in [0.25, 0.3) is 0 Å².